The molecule has 9 heteroatoms. The third kappa shape index (κ3) is 7.27. The smallest absolute Gasteiger partial charge is 0.467 e. The normalized spacial score (nSPS) is 12.3. The topological polar surface area (TPSA) is 64.6 Å². The summed E-state index contributed by atoms with van der Waals surface area (Å²) in [5.74, 6) is 1.16. The van der Waals surface area contributed by atoms with Crippen molar-refractivity contribution >= 4 is 17.6 Å². The van der Waals surface area contributed by atoms with E-state index in [1.165, 1.54) is 0 Å². The first kappa shape index (κ1) is 22.5. The minimum Gasteiger partial charge on any atom is -0.467 e. The minimum atomic E-state index is -2.62. The Labute approximate surface area is 141 Å². The monoisotopic (exact) mass is 366 g/mol. The van der Waals surface area contributed by atoms with E-state index >= 15 is 0 Å². The number of hydrogen-bond acceptors (Lipinski definition) is 7. The summed E-state index contributed by atoms with van der Waals surface area (Å²) in [6, 6.07) is 1.16. The third-order valence-corrected chi connectivity index (χ3v) is 9.03. The number of ether oxygens (including phenoxy) is 1. The lowest BCUT2D eigenvalue weighted by molar-refractivity contribution is 0.120. The average molecular weight is 367 g/mol. The second kappa shape index (κ2) is 11.1. The maximum atomic E-state index is 5.63. The van der Waals surface area contributed by atoms with E-state index < -0.39 is 17.6 Å². The van der Waals surface area contributed by atoms with Crippen molar-refractivity contribution in [3.8, 4) is 0 Å². The van der Waals surface area contributed by atoms with Crippen LogP contribution in [0, 0.1) is 0 Å². The van der Waals surface area contributed by atoms with E-state index in [1.54, 1.807) is 42.7 Å². The lowest BCUT2D eigenvalue weighted by Crippen LogP contribution is -2.42. The third-order valence-electron chi connectivity index (χ3n) is 3.57. The summed E-state index contributed by atoms with van der Waals surface area (Å²) in [6.45, 7) is 7.79. The number of rotatable bonds is 14. The lowest BCUT2D eigenvalue weighted by Gasteiger charge is -2.25. The summed E-state index contributed by atoms with van der Waals surface area (Å²) in [7, 11) is 4.21. The zero-order valence-electron chi connectivity index (χ0n) is 15.1. The molecule has 0 aromatic carbocycles. The predicted octanol–water partition coefficient (Wildman–Crippen LogP) is 2.57. The summed E-state index contributed by atoms with van der Waals surface area (Å²) in [5.41, 5.74) is 0. The SMILES string of the molecule is C=C(CC[Si](OC)(OC)OC)OC(=C)CC[Si](OC)(OC)OC. The first-order valence-electron chi connectivity index (χ1n) is 7.20. The zero-order valence-corrected chi connectivity index (χ0v) is 17.1. The van der Waals surface area contributed by atoms with Crippen LogP contribution in [0.5, 0.6) is 0 Å². The second-order valence-electron chi connectivity index (χ2n) is 4.77. The molecule has 0 heterocycles. The van der Waals surface area contributed by atoms with Gasteiger partial charge in [0, 0.05) is 67.6 Å². The van der Waals surface area contributed by atoms with Crippen LogP contribution < -0.4 is 0 Å². The Kier molecular flexibility index (Phi) is 10.8. The Morgan fingerprint density at radius 2 is 0.870 bits per heavy atom. The Morgan fingerprint density at radius 3 is 1.09 bits per heavy atom. The van der Waals surface area contributed by atoms with Gasteiger partial charge < -0.3 is 31.3 Å². The molecular formula is C14H30O7Si2. The number of allylic oxidation sites excluding steroid dienone is 2. The first-order valence-corrected chi connectivity index (χ1v) is 11.1. The van der Waals surface area contributed by atoms with Gasteiger partial charge in [-0.15, -0.1) is 0 Å². The Morgan fingerprint density at radius 1 is 0.609 bits per heavy atom. The minimum absolute atomic E-state index is 0.558. The summed E-state index contributed by atoms with van der Waals surface area (Å²) in [5, 5.41) is 0. The van der Waals surface area contributed by atoms with Crippen LogP contribution in [0.25, 0.3) is 0 Å². The van der Waals surface area contributed by atoms with E-state index in [-0.39, 0.29) is 0 Å². The average Bonchev–Trinajstić information content (AvgIpc) is 2.58. The molecule has 136 valence electrons. The van der Waals surface area contributed by atoms with Crippen LogP contribution in [0.15, 0.2) is 24.7 Å². The van der Waals surface area contributed by atoms with E-state index in [2.05, 4.69) is 13.2 Å². The van der Waals surface area contributed by atoms with Crippen molar-refractivity contribution in [2.75, 3.05) is 42.7 Å². The van der Waals surface area contributed by atoms with Gasteiger partial charge in [-0.25, -0.2) is 0 Å². The molecule has 0 saturated carbocycles. The summed E-state index contributed by atoms with van der Waals surface area (Å²) in [4.78, 5) is 0. The predicted molar refractivity (Wildman–Crippen MR) is 91.8 cm³/mol. The molecule has 0 bridgehead atoms. The van der Waals surface area contributed by atoms with Crippen molar-refractivity contribution < 1.29 is 31.3 Å². The fourth-order valence-corrected chi connectivity index (χ4v) is 5.40. The van der Waals surface area contributed by atoms with E-state index in [0.717, 1.165) is 0 Å². The Bertz CT molecular complexity index is 318. The fraction of sp³-hybridized carbons (Fsp3) is 0.714. The maximum Gasteiger partial charge on any atom is 0.500 e. The molecule has 0 N–H and O–H groups in total. The van der Waals surface area contributed by atoms with Gasteiger partial charge >= 0.3 is 17.6 Å². The largest absolute Gasteiger partial charge is 0.500 e. The van der Waals surface area contributed by atoms with Gasteiger partial charge in [0.2, 0.25) is 0 Å². The van der Waals surface area contributed by atoms with Crippen molar-refractivity contribution in [1.29, 1.82) is 0 Å². The molecule has 23 heavy (non-hydrogen) atoms. The molecule has 0 aromatic rings. The van der Waals surface area contributed by atoms with Gasteiger partial charge in [0.1, 0.15) is 0 Å². The van der Waals surface area contributed by atoms with Crippen molar-refractivity contribution in [2.24, 2.45) is 0 Å². The Balaban J connectivity index is 4.33. The highest BCUT2D eigenvalue weighted by atomic mass is 28.4. The molecule has 0 unspecified atom stereocenters. The van der Waals surface area contributed by atoms with Gasteiger partial charge in [-0.2, -0.15) is 0 Å². The molecule has 0 saturated heterocycles. The van der Waals surface area contributed by atoms with Gasteiger partial charge in [-0.1, -0.05) is 13.2 Å². The highest BCUT2D eigenvalue weighted by molar-refractivity contribution is 6.60. The molecule has 0 aliphatic heterocycles. The quantitative estimate of drug-likeness (QED) is 0.346. The molecule has 0 fully saturated rings. The van der Waals surface area contributed by atoms with E-state index in [1.807, 2.05) is 0 Å². The molecular weight excluding hydrogens is 336 g/mol. The Hall–Kier alpha value is -0.526. The van der Waals surface area contributed by atoms with Gasteiger partial charge in [0.05, 0.1) is 11.5 Å². The maximum absolute atomic E-state index is 5.63. The summed E-state index contributed by atoms with van der Waals surface area (Å²) < 4.78 is 37.8. The van der Waals surface area contributed by atoms with Crippen molar-refractivity contribution in [3.05, 3.63) is 24.7 Å². The van der Waals surface area contributed by atoms with Crippen LogP contribution in [-0.4, -0.2) is 60.3 Å². The lowest BCUT2D eigenvalue weighted by atomic mass is 10.4. The summed E-state index contributed by atoms with van der Waals surface area (Å²) in [6.07, 6.45) is 1.12. The van der Waals surface area contributed by atoms with Gasteiger partial charge in [0.25, 0.3) is 0 Å². The standard InChI is InChI=1S/C14H30O7Si2/c1-13(9-11-22(15-3,16-4)17-5)21-14(2)10-12-23(18-6,19-7)20-8/h1-2,9-12H2,3-8H3. The molecule has 0 amide bonds. The molecule has 0 aliphatic rings. The van der Waals surface area contributed by atoms with Crippen molar-refractivity contribution in [1.82, 2.24) is 0 Å². The van der Waals surface area contributed by atoms with Crippen LogP contribution >= 0.6 is 0 Å². The second-order valence-corrected chi connectivity index (χ2v) is 11.0. The van der Waals surface area contributed by atoms with Crippen LogP contribution in [0.1, 0.15) is 12.8 Å². The van der Waals surface area contributed by atoms with Gasteiger partial charge in [-0.05, 0) is 0 Å². The molecule has 0 atom stereocenters. The number of hydrogen-bond donors (Lipinski definition) is 0. The van der Waals surface area contributed by atoms with Crippen LogP contribution in [0.2, 0.25) is 12.1 Å². The molecule has 0 spiro atoms. The first-order chi connectivity index (χ1) is 10.9. The van der Waals surface area contributed by atoms with Crippen molar-refractivity contribution in [2.45, 2.75) is 24.9 Å². The summed E-state index contributed by atoms with van der Waals surface area (Å²) >= 11 is 0. The van der Waals surface area contributed by atoms with E-state index in [0.29, 0.717) is 36.4 Å². The highest BCUT2D eigenvalue weighted by Crippen LogP contribution is 2.23. The highest BCUT2D eigenvalue weighted by Gasteiger charge is 2.38. The fourth-order valence-electron chi connectivity index (χ4n) is 2.00. The molecule has 0 rings (SSSR count). The molecule has 0 radical (unpaired) electrons. The van der Waals surface area contributed by atoms with Crippen LogP contribution in [0.3, 0.4) is 0 Å². The van der Waals surface area contributed by atoms with Crippen LogP contribution in [0.4, 0.5) is 0 Å². The van der Waals surface area contributed by atoms with Crippen molar-refractivity contribution in [3.63, 3.8) is 0 Å². The van der Waals surface area contributed by atoms with E-state index in [4.69, 9.17) is 31.3 Å². The van der Waals surface area contributed by atoms with Crippen LogP contribution in [-0.2, 0) is 31.3 Å². The molecule has 7 nitrogen and oxygen atoms in total. The van der Waals surface area contributed by atoms with Gasteiger partial charge in [-0.3, -0.25) is 0 Å². The molecule has 0 aliphatic carbocycles. The van der Waals surface area contributed by atoms with Gasteiger partial charge in [0.15, 0.2) is 0 Å². The zero-order chi connectivity index (χ0) is 17.9. The molecule has 0 aromatic heterocycles. The van der Waals surface area contributed by atoms with E-state index in [9.17, 15) is 0 Å².